The molecule has 33 heavy (non-hydrogen) atoms. The van der Waals surface area contributed by atoms with Crippen LogP contribution < -0.4 is 9.47 Å². The van der Waals surface area contributed by atoms with Crippen molar-refractivity contribution in [2.24, 2.45) is 0 Å². The average molecular weight is 473 g/mol. The number of nitrogens with zero attached hydrogens (tertiary/aromatic N) is 2. The summed E-state index contributed by atoms with van der Waals surface area (Å²) in [4.78, 5) is 15.2. The fourth-order valence-corrected chi connectivity index (χ4v) is 6.60. The van der Waals surface area contributed by atoms with Crippen molar-refractivity contribution in [3.05, 3.63) is 53.1 Å². The van der Waals surface area contributed by atoms with Crippen molar-refractivity contribution in [1.82, 2.24) is 9.21 Å². The molecule has 0 N–H and O–H groups in total. The Labute approximate surface area is 196 Å². The molecule has 2 aromatic rings. The number of carbonyl (C=O) groups is 1. The van der Waals surface area contributed by atoms with E-state index in [1.807, 2.05) is 26.0 Å². The number of amides is 1. The van der Waals surface area contributed by atoms with Gasteiger partial charge < -0.3 is 14.4 Å². The highest BCUT2D eigenvalue weighted by molar-refractivity contribution is 7.89. The highest BCUT2D eigenvalue weighted by atomic mass is 32.2. The van der Waals surface area contributed by atoms with Crippen LogP contribution in [0, 0.1) is 0 Å². The third-order valence-corrected chi connectivity index (χ3v) is 8.56. The van der Waals surface area contributed by atoms with Crippen molar-refractivity contribution in [2.75, 3.05) is 26.8 Å². The van der Waals surface area contributed by atoms with E-state index in [-0.39, 0.29) is 22.6 Å². The Hall–Kier alpha value is -2.58. The number of methoxy groups -OCH3 is 1. The molecule has 8 heteroatoms. The average Bonchev–Trinajstić information content (AvgIpc) is 2.83. The van der Waals surface area contributed by atoms with E-state index >= 15 is 0 Å². The number of carbonyl (C=O) groups excluding carboxylic acids is 1. The summed E-state index contributed by atoms with van der Waals surface area (Å²) in [5.74, 6) is 0.863. The maximum Gasteiger partial charge on any atom is 0.254 e. The van der Waals surface area contributed by atoms with Crippen molar-refractivity contribution in [2.45, 2.75) is 57.0 Å². The van der Waals surface area contributed by atoms with Gasteiger partial charge in [-0.1, -0.05) is 12.5 Å². The SMILES string of the molecule is CCOc1ccc2c(c1)CN(C(=O)c1ccc(OC)c(S(=O)(=O)N3CCCCC3C)c1)CC2. The molecule has 0 saturated carbocycles. The van der Waals surface area contributed by atoms with Gasteiger partial charge in [-0.25, -0.2) is 8.42 Å². The molecule has 178 valence electrons. The highest BCUT2D eigenvalue weighted by Crippen LogP contribution is 2.32. The molecule has 0 radical (unpaired) electrons. The first-order chi connectivity index (χ1) is 15.8. The van der Waals surface area contributed by atoms with E-state index in [1.165, 1.54) is 23.0 Å². The largest absolute Gasteiger partial charge is 0.495 e. The van der Waals surface area contributed by atoms with Crippen LogP contribution in [0.1, 0.15) is 54.6 Å². The third kappa shape index (κ3) is 4.73. The molecule has 0 bridgehead atoms. The van der Waals surface area contributed by atoms with Gasteiger partial charge in [0.05, 0.1) is 13.7 Å². The van der Waals surface area contributed by atoms with Crippen LogP contribution >= 0.6 is 0 Å². The quantitative estimate of drug-likeness (QED) is 0.638. The van der Waals surface area contributed by atoms with Crippen LogP contribution in [0.15, 0.2) is 41.3 Å². The first-order valence-electron chi connectivity index (χ1n) is 11.6. The van der Waals surface area contributed by atoms with Crippen LogP contribution in [0.25, 0.3) is 0 Å². The molecule has 1 fully saturated rings. The standard InChI is InChI=1S/C25H32N2O5S/c1-4-32-22-10-8-19-12-14-26(17-21(19)15-22)25(28)20-9-11-23(31-3)24(16-20)33(29,30)27-13-6-5-7-18(27)2/h8-11,15-16,18H,4-7,12-14,17H2,1-3H3. The Kier molecular flexibility index (Phi) is 6.95. The molecule has 2 heterocycles. The van der Waals surface area contributed by atoms with Gasteiger partial charge in [-0.15, -0.1) is 0 Å². The van der Waals surface area contributed by atoms with Crippen molar-refractivity contribution in [1.29, 1.82) is 0 Å². The smallest absolute Gasteiger partial charge is 0.254 e. The molecule has 0 aliphatic carbocycles. The summed E-state index contributed by atoms with van der Waals surface area (Å²) in [7, 11) is -2.33. The van der Waals surface area contributed by atoms with E-state index in [2.05, 4.69) is 6.07 Å². The van der Waals surface area contributed by atoms with E-state index in [1.54, 1.807) is 17.0 Å². The van der Waals surface area contributed by atoms with Gasteiger partial charge >= 0.3 is 0 Å². The van der Waals surface area contributed by atoms with Crippen LogP contribution in [0.5, 0.6) is 11.5 Å². The van der Waals surface area contributed by atoms with Gasteiger partial charge in [-0.05, 0) is 74.6 Å². The van der Waals surface area contributed by atoms with Gasteiger partial charge in [0.1, 0.15) is 16.4 Å². The fraction of sp³-hybridized carbons (Fsp3) is 0.480. The van der Waals surface area contributed by atoms with Gasteiger partial charge in [0, 0.05) is 31.2 Å². The second-order valence-electron chi connectivity index (χ2n) is 8.67. The van der Waals surface area contributed by atoms with Crippen LogP contribution in [0.4, 0.5) is 0 Å². The molecular weight excluding hydrogens is 440 g/mol. The second kappa shape index (κ2) is 9.73. The zero-order chi connectivity index (χ0) is 23.6. The molecule has 1 amide bonds. The van der Waals surface area contributed by atoms with Crippen LogP contribution in [0.3, 0.4) is 0 Å². The number of benzene rings is 2. The molecule has 1 saturated heterocycles. The number of hydrogen-bond donors (Lipinski definition) is 0. The lowest BCUT2D eigenvalue weighted by Crippen LogP contribution is -2.42. The zero-order valence-electron chi connectivity index (χ0n) is 19.5. The Bertz CT molecular complexity index is 1130. The molecular formula is C25H32N2O5S. The van der Waals surface area contributed by atoms with E-state index < -0.39 is 10.0 Å². The molecule has 7 nitrogen and oxygen atoms in total. The van der Waals surface area contributed by atoms with Crippen LogP contribution in [-0.4, -0.2) is 56.4 Å². The van der Waals surface area contributed by atoms with Gasteiger partial charge in [0.25, 0.3) is 5.91 Å². The highest BCUT2D eigenvalue weighted by Gasteiger charge is 2.34. The molecule has 0 aromatic heterocycles. The number of ether oxygens (including phenoxy) is 2. The van der Waals surface area contributed by atoms with Gasteiger partial charge in [-0.3, -0.25) is 4.79 Å². The predicted molar refractivity (Wildman–Crippen MR) is 126 cm³/mol. The van der Waals surface area contributed by atoms with Gasteiger partial charge in [-0.2, -0.15) is 4.31 Å². The minimum atomic E-state index is -3.78. The monoisotopic (exact) mass is 472 g/mol. The molecule has 4 rings (SSSR count). The fourth-order valence-electron chi connectivity index (χ4n) is 4.71. The molecule has 1 atom stereocenters. The van der Waals surface area contributed by atoms with Crippen molar-refractivity contribution in [3.63, 3.8) is 0 Å². The Morgan fingerprint density at radius 3 is 2.64 bits per heavy atom. The normalized spacial score (nSPS) is 19.1. The van der Waals surface area contributed by atoms with E-state index in [0.29, 0.717) is 31.8 Å². The molecule has 2 aliphatic heterocycles. The first kappa shape index (κ1) is 23.6. The molecule has 0 spiro atoms. The third-order valence-electron chi connectivity index (χ3n) is 6.53. The summed E-state index contributed by atoms with van der Waals surface area (Å²) in [5.41, 5.74) is 2.62. The maximum atomic E-state index is 13.5. The van der Waals surface area contributed by atoms with Crippen molar-refractivity contribution < 1.29 is 22.7 Å². The molecule has 1 unspecified atom stereocenters. The summed E-state index contributed by atoms with van der Waals surface area (Å²) < 4.78 is 39.5. The van der Waals surface area contributed by atoms with E-state index in [9.17, 15) is 13.2 Å². The minimum Gasteiger partial charge on any atom is -0.495 e. The van der Waals surface area contributed by atoms with Crippen molar-refractivity contribution >= 4 is 15.9 Å². The number of rotatable bonds is 6. The topological polar surface area (TPSA) is 76.1 Å². The molecule has 2 aliphatic rings. The van der Waals surface area contributed by atoms with Crippen molar-refractivity contribution in [3.8, 4) is 11.5 Å². The summed E-state index contributed by atoms with van der Waals surface area (Å²) >= 11 is 0. The summed E-state index contributed by atoms with van der Waals surface area (Å²) in [6.07, 6.45) is 3.43. The second-order valence-corrected chi connectivity index (χ2v) is 10.5. The lowest BCUT2D eigenvalue weighted by molar-refractivity contribution is 0.0734. The summed E-state index contributed by atoms with van der Waals surface area (Å²) in [6.45, 7) is 5.98. The first-order valence-corrected chi connectivity index (χ1v) is 13.0. The van der Waals surface area contributed by atoms with E-state index in [0.717, 1.165) is 37.0 Å². The number of sulfonamides is 1. The lowest BCUT2D eigenvalue weighted by Gasteiger charge is -2.33. The predicted octanol–water partition coefficient (Wildman–Crippen LogP) is 3.86. The van der Waals surface area contributed by atoms with Gasteiger partial charge in [0.15, 0.2) is 0 Å². The number of piperidine rings is 1. The van der Waals surface area contributed by atoms with Crippen LogP contribution in [0.2, 0.25) is 0 Å². The van der Waals surface area contributed by atoms with E-state index in [4.69, 9.17) is 9.47 Å². The number of hydrogen-bond acceptors (Lipinski definition) is 5. The Morgan fingerprint density at radius 1 is 1.09 bits per heavy atom. The Balaban J connectivity index is 1.62. The Morgan fingerprint density at radius 2 is 1.91 bits per heavy atom. The number of fused-ring (bicyclic) bond motifs is 1. The zero-order valence-corrected chi connectivity index (χ0v) is 20.4. The summed E-state index contributed by atoms with van der Waals surface area (Å²) in [5, 5.41) is 0. The maximum absolute atomic E-state index is 13.5. The molecule has 2 aromatic carbocycles. The summed E-state index contributed by atoms with van der Waals surface area (Å²) in [6, 6.07) is 10.6. The minimum absolute atomic E-state index is 0.0561. The lowest BCUT2D eigenvalue weighted by atomic mass is 9.99. The van der Waals surface area contributed by atoms with Gasteiger partial charge in [0.2, 0.25) is 10.0 Å². The van der Waals surface area contributed by atoms with Crippen LogP contribution in [-0.2, 0) is 23.0 Å².